The number of anilines is 1. The Bertz CT molecular complexity index is 1160. The Morgan fingerprint density at radius 3 is 2.62 bits per heavy atom. The summed E-state index contributed by atoms with van der Waals surface area (Å²) >= 11 is 8.63. The van der Waals surface area contributed by atoms with E-state index in [4.69, 9.17) is 21.7 Å². The quantitative estimate of drug-likeness (QED) is 0.342. The molecule has 32 heavy (non-hydrogen) atoms. The first kappa shape index (κ1) is 23.4. The summed E-state index contributed by atoms with van der Waals surface area (Å²) < 4.78 is 11.7. The lowest BCUT2D eigenvalue weighted by atomic mass is 10.0. The Morgan fingerprint density at radius 1 is 1.28 bits per heavy atom. The standard InChI is InChI=1S/C22H19BrN2O6S/c1-11-9-14(23)7-8-16(11)25-20(27)15(19(26)24-22(25)32)10-13-5-4-6-17(30-3)18(13)31-12(2)21(28)29/h4-10,12H,1-3H3,(H,28,29)(H,24,26,32)/b15-10+/t12-/m1/s1. The van der Waals surface area contributed by atoms with E-state index >= 15 is 0 Å². The van der Waals surface area contributed by atoms with Crippen molar-refractivity contribution in [2.45, 2.75) is 20.0 Å². The van der Waals surface area contributed by atoms with Crippen LogP contribution in [0.5, 0.6) is 11.5 Å². The van der Waals surface area contributed by atoms with Crippen LogP contribution in [-0.2, 0) is 14.4 Å². The van der Waals surface area contributed by atoms with Crippen molar-refractivity contribution >= 4 is 62.8 Å². The molecule has 2 N–H and O–H groups in total. The van der Waals surface area contributed by atoms with Crippen LogP contribution in [0.1, 0.15) is 18.1 Å². The van der Waals surface area contributed by atoms with Crippen molar-refractivity contribution in [1.29, 1.82) is 0 Å². The number of hydrogen-bond donors (Lipinski definition) is 2. The Labute approximate surface area is 197 Å². The van der Waals surface area contributed by atoms with Crippen molar-refractivity contribution in [2.24, 2.45) is 0 Å². The molecule has 2 amide bonds. The number of carboxylic acids is 1. The number of aryl methyl sites for hydroxylation is 1. The number of halogens is 1. The van der Waals surface area contributed by atoms with Gasteiger partial charge >= 0.3 is 5.97 Å². The predicted octanol–water partition coefficient (Wildman–Crippen LogP) is 3.45. The molecule has 2 aromatic carbocycles. The van der Waals surface area contributed by atoms with Crippen LogP contribution < -0.4 is 19.7 Å². The zero-order valence-corrected chi connectivity index (χ0v) is 19.7. The summed E-state index contributed by atoms with van der Waals surface area (Å²) in [4.78, 5) is 38.5. The second kappa shape index (κ2) is 9.49. The number of carbonyl (C=O) groups excluding carboxylic acids is 2. The van der Waals surface area contributed by atoms with Crippen LogP contribution in [-0.4, -0.2) is 41.2 Å². The van der Waals surface area contributed by atoms with E-state index in [0.717, 1.165) is 10.0 Å². The van der Waals surface area contributed by atoms with Crippen molar-refractivity contribution in [3.63, 3.8) is 0 Å². The monoisotopic (exact) mass is 518 g/mol. The molecular formula is C22H19BrN2O6S. The number of rotatable bonds is 6. The predicted molar refractivity (Wildman–Crippen MR) is 126 cm³/mol. The average molecular weight is 519 g/mol. The van der Waals surface area contributed by atoms with Crippen molar-refractivity contribution in [3.05, 3.63) is 57.6 Å². The topological polar surface area (TPSA) is 105 Å². The van der Waals surface area contributed by atoms with Crippen LogP contribution in [0.2, 0.25) is 0 Å². The fraction of sp³-hybridized carbons (Fsp3) is 0.182. The highest BCUT2D eigenvalue weighted by molar-refractivity contribution is 9.10. The SMILES string of the molecule is COc1cccc(/C=C2\C(=O)NC(=S)N(c3ccc(Br)cc3C)C2=O)c1O[C@H](C)C(=O)O. The highest BCUT2D eigenvalue weighted by atomic mass is 79.9. The molecule has 1 fully saturated rings. The van der Waals surface area contributed by atoms with Gasteiger partial charge in [-0.2, -0.15) is 0 Å². The molecule has 1 atom stereocenters. The molecule has 0 unspecified atom stereocenters. The summed E-state index contributed by atoms with van der Waals surface area (Å²) in [7, 11) is 1.40. The lowest BCUT2D eigenvalue weighted by molar-refractivity contribution is -0.144. The van der Waals surface area contributed by atoms with Crippen molar-refractivity contribution < 1.29 is 29.0 Å². The summed E-state index contributed by atoms with van der Waals surface area (Å²) in [6.45, 7) is 3.18. The molecule has 3 rings (SSSR count). The highest BCUT2D eigenvalue weighted by Gasteiger charge is 2.35. The first-order valence-corrected chi connectivity index (χ1v) is 10.6. The minimum absolute atomic E-state index is 0.0378. The fourth-order valence-corrected chi connectivity index (χ4v) is 3.81. The largest absolute Gasteiger partial charge is 0.493 e. The van der Waals surface area contributed by atoms with Gasteiger partial charge in [-0.25, -0.2) is 4.79 Å². The zero-order valence-electron chi connectivity index (χ0n) is 17.3. The number of nitrogens with one attached hydrogen (secondary N) is 1. The smallest absolute Gasteiger partial charge is 0.344 e. The number of nitrogens with zero attached hydrogens (tertiary/aromatic N) is 1. The summed E-state index contributed by atoms with van der Waals surface area (Å²) in [6.07, 6.45) is 0.140. The number of hydrogen-bond acceptors (Lipinski definition) is 6. The van der Waals surface area contributed by atoms with E-state index in [1.807, 2.05) is 13.0 Å². The van der Waals surface area contributed by atoms with Gasteiger partial charge in [-0.15, -0.1) is 0 Å². The van der Waals surface area contributed by atoms with E-state index in [1.54, 1.807) is 30.3 Å². The minimum Gasteiger partial charge on any atom is -0.493 e. The van der Waals surface area contributed by atoms with Crippen LogP contribution in [0, 0.1) is 6.92 Å². The van der Waals surface area contributed by atoms with Crippen LogP contribution in [0.25, 0.3) is 6.08 Å². The maximum Gasteiger partial charge on any atom is 0.344 e. The number of carbonyl (C=O) groups is 3. The molecule has 0 radical (unpaired) electrons. The van der Waals surface area contributed by atoms with Gasteiger partial charge in [0.2, 0.25) is 0 Å². The summed E-state index contributed by atoms with van der Waals surface area (Å²) in [6, 6.07) is 10.1. The first-order valence-electron chi connectivity index (χ1n) is 9.38. The number of aliphatic carboxylic acids is 1. The van der Waals surface area contributed by atoms with Crippen molar-refractivity contribution in [2.75, 3.05) is 12.0 Å². The summed E-state index contributed by atoms with van der Waals surface area (Å²) in [5.41, 5.74) is 1.40. The number of methoxy groups -OCH3 is 1. The van der Waals surface area contributed by atoms with Gasteiger partial charge in [-0.3, -0.25) is 19.8 Å². The van der Waals surface area contributed by atoms with Crippen LogP contribution in [0.3, 0.4) is 0 Å². The third-order valence-electron chi connectivity index (χ3n) is 4.67. The molecule has 1 aliphatic rings. The molecule has 2 aromatic rings. The zero-order chi connectivity index (χ0) is 23.6. The average Bonchev–Trinajstić information content (AvgIpc) is 2.73. The molecule has 0 spiro atoms. The maximum atomic E-state index is 13.3. The Hall–Kier alpha value is -3.24. The maximum absolute atomic E-state index is 13.3. The highest BCUT2D eigenvalue weighted by Crippen LogP contribution is 2.35. The minimum atomic E-state index is -1.19. The number of benzene rings is 2. The Morgan fingerprint density at radius 2 is 2.00 bits per heavy atom. The molecule has 1 aliphatic heterocycles. The molecule has 0 saturated carbocycles. The van der Waals surface area contributed by atoms with Gasteiger partial charge in [0.05, 0.1) is 12.8 Å². The van der Waals surface area contributed by atoms with Gasteiger partial charge in [0, 0.05) is 10.0 Å². The van der Waals surface area contributed by atoms with E-state index in [1.165, 1.54) is 25.0 Å². The van der Waals surface area contributed by atoms with E-state index in [-0.39, 0.29) is 22.2 Å². The Kier molecular flexibility index (Phi) is 6.95. The van der Waals surface area contributed by atoms with Gasteiger partial charge < -0.3 is 14.6 Å². The van der Waals surface area contributed by atoms with Crippen molar-refractivity contribution in [3.8, 4) is 11.5 Å². The van der Waals surface area contributed by atoms with Crippen LogP contribution in [0.15, 0.2) is 46.4 Å². The molecule has 0 aromatic heterocycles. The molecule has 1 heterocycles. The van der Waals surface area contributed by atoms with Gasteiger partial charge in [0.25, 0.3) is 11.8 Å². The fourth-order valence-electron chi connectivity index (χ4n) is 3.06. The van der Waals surface area contributed by atoms with Gasteiger partial charge in [-0.1, -0.05) is 28.1 Å². The summed E-state index contributed by atoms with van der Waals surface area (Å²) in [5, 5.41) is 11.7. The first-order chi connectivity index (χ1) is 15.1. The second-order valence-corrected chi connectivity index (χ2v) is 8.17. The molecular weight excluding hydrogens is 500 g/mol. The molecule has 0 bridgehead atoms. The van der Waals surface area contributed by atoms with Crippen LogP contribution in [0.4, 0.5) is 5.69 Å². The van der Waals surface area contributed by atoms with E-state index in [2.05, 4.69) is 21.2 Å². The normalized spacial score (nSPS) is 16.1. The van der Waals surface area contributed by atoms with Crippen molar-refractivity contribution in [1.82, 2.24) is 5.32 Å². The van der Waals surface area contributed by atoms with Crippen LogP contribution >= 0.6 is 28.1 Å². The summed E-state index contributed by atoms with van der Waals surface area (Å²) in [5.74, 6) is -2.12. The van der Waals surface area contributed by atoms with Gasteiger partial charge in [0.15, 0.2) is 22.7 Å². The number of amides is 2. The molecule has 0 aliphatic carbocycles. The number of ether oxygens (including phenoxy) is 2. The molecule has 10 heteroatoms. The lowest BCUT2D eigenvalue weighted by Gasteiger charge is -2.30. The molecule has 8 nitrogen and oxygen atoms in total. The third-order valence-corrected chi connectivity index (χ3v) is 5.45. The lowest BCUT2D eigenvalue weighted by Crippen LogP contribution is -2.54. The van der Waals surface area contributed by atoms with E-state index in [0.29, 0.717) is 11.3 Å². The number of carboxylic acid groups (broad SMARTS) is 1. The third kappa shape index (κ3) is 4.66. The van der Waals surface area contributed by atoms with E-state index in [9.17, 15) is 19.5 Å². The Balaban J connectivity index is 2.09. The van der Waals surface area contributed by atoms with Gasteiger partial charge in [-0.05, 0) is 62.0 Å². The molecule has 166 valence electrons. The number of para-hydroxylation sites is 1. The van der Waals surface area contributed by atoms with E-state index < -0.39 is 23.9 Å². The second-order valence-electron chi connectivity index (χ2n) is 6.87. The van der Waals surface area contributed by atoms with Gasteiger partial charge in [0.1, 0.15) is 5.57 Å². The number of thiocarbonyl (C=S) groups is 1. The molecule has 1 saturated heterocycles.